The molecule has 1 nitrogen and oxygen atoms in total. The van der Waals surface area contributed by atoms with Gasteiger partial charge in [-0.05, 0) is 61.3 Å². The molecule has 120 valence electrons. The van der Waals surface area contributed by atoms with E-state index < -0.39 is 0 Å². The van der Waals surface area contributed by atoms with E-state index in [0.29, 0.717) is 0 Å². The van der Waals surface area contributed by atoms with Crippen LogP contribution in [-0.2, 0) is 6.42 Å². The second-order valence-corrected chi connectivity index (χ2v) is 7.08. The Bertz CT molecular complexity index is 587. The number of aryl methyl sites for hydroxylation is 1. The van der Waals surface area contributed by atoms with Crippen LogP contribution in [0.3, 0.4) is 0 Å². The molecular weight excluding hydrogens is 268 g/mol. The van der Waals surface area contributed by atoms with E-state index in [9.17, 15) is 0 Å². The summed E-state index contributed by atoms with van der Waals surface area (Å²) in [7, 11) is 0. The molecule has 0 unspecified atom stereocenters. The highest BCUT2D eigenvalue weighted by Crippen LogP contribution is 2.38. The van der Waals surface area contributed by atoms with Gasteiger partial charge in [0.05, 0.1) is 0 Å². The zero-order valence-corrected chi connectivity index (χ0v) is 14.2. The van der Waals surface area contributed by atoms with E-state index in [0.717, 1.165) is 29.6 Å². The minimum absolute atomic E-state index is 0.770. The molecule has 1 aliphatic carbocycles. The molecule has 0 saturated heterocycles. The first kappa shape index (κ1) is 15.6. The highest BCUT2D eigenvalue weighted by molar-refractivity contribution is 5.78. The minimum atomic E-state index is 0.770. The molecule has 0 amide bonds. The number of hydrogen-bond acceptors (Lipinski definition) is 1. The fraction of sp³-hybridized carbons (Fsp3) is 0.619. The Labute approximate surface area is 135 Å². The summed E-state index contributed by atoms with van der Waals surface area (Å²) < 4.78 is 5.83. The van der Waals surface area contributed by atoms with Crippen LogP contribution < -0.4 is 0 Å². The van der Waals surface area contributed by atoms with Crippen LogP contribution in [0.15, 0.2) is 28.7 Å². The van der Waals surface area contributed by atoms with Gasteiger partial charge in [-0.15, -0.1) is 0 Å². The Morgan fingerprint density at radius 1 is 1.00 bits per heavy atom. The third kappa shape index (κ3) is 3.56. The molecule has 1 aromatic heterocycles. The minimum Gasteiger partial charge on any atom is -0.461 e. The smallest absolute Gasteiger partial charge is 0.134 e. The predicted octanol–water partition coefficient (Wildman–Crippen LogP) is 6.85. The van der Waals surface area contributed by atoms with E-state index in [2.05, 4.69) is 38.1 Å². The van der Waals surface area contributed by atoms with Gasteiger partial charge in [-0.1, -0.05) is 45.6 Å². The van der Waals surface area contributed by atoms with E-state index >= 15 is 0 Å². The van der Waals surface area contributed by atoms with Gasteiger partial charge in [-0.3, -0.25) is 0 Å². The van der Waals surface area contributed by atoms with Gasteiger partial charge in [-0.25, -0.2) is 0 Å². The van der Waals surface area contributed by atoms with Gasteiger partial charge in [0.15, 0.2) is 0 Å². The molecule has 1 aliphatic rings. The summed E-state index contributed by atoms with van der Waals surface area (Å²) in [6.07, 6.45) is 12.2. The monoisotopic (exact) mass is 298 g/mol. The standard InChI is InChI=1S/C21H30O/c1-3-5-6-7-16-8-10-17(11-9-16)18-12-13-21-19(14-18)15-20(4-2)22-21/h12-17H,3-11H2,1-2H3. The number of rotatable bonds is 6. The van der Waals surface area contributed by atoms with Gasteiger partial charge in [0.1, 0.15) is 11.3 Å². The SMILES string of the molecule is CCCCCC1CCC(c2ccc3oc(CC)cc3c2)CC1. The maximum Gasteiger partial charge on any atom is 0.134 e. The quantitative estimate of drug-likeness (QED) is 0.531. The molecule has 0 radical (unpaired) electrons. The number of benzene rings is 1. The van der Waals surface area contributed by atoms with Crippen molar-refractivity contribution in [2.45, 2.75) is 77.6 Å². The Morgan fingerprint density at radius 2 is 1.82 bits per heavy atom. The van der Waals surface area contributed by atoms with Crippen LogP contribution in [0.5, 0.6) is 0 Å². The van der Waals surface area contributed by atoms with Crippen LogP contribution in [0, 0.1) is 5.92 Å². The molecule has 0 bridgehead atoms. The lowest BCUT2D eigenvalue weighted by molar-refractivity contribution is 0.303. The predicted molar refractivity (Wildman–Crippen MR) is 94.4 cm³/mol. The molecule has 0 aliphatic heterocycles. The molecule has 1 fully saturated rings. The van der Waals surface area contributed by atoms with Crippen molar-refractivity contribution in [2.24, 2.45) is 5.92 Å². The van der Waals surface area contributed by atoms with Gasteiger partial charge >= 0.3 is 0 Å². The maximum absolute atomic E-state index is 5.83. The highest BCUT2D eigenvalue weighted by Gasteiger charge is 2.22. The Morgan fingerprint density at radius 3 is 2.55 bits per heavy atom. The lowest BCUT2D eigenvalue weighted by atomic mass is 9.77. The third-order valence-electron chi connectivity index (χ3n) is 5.47. The molecule has 1 heterocycles. The first-order valence-electron chi connectivity index (χ1n) is 9.32. The van der Waals surface area contributed by atoms with Crippen LogP contribution in [0.2, 0.25) is 0 Å². The fourth-order valence-corrected chi connectivity index (χ4v) is 4.01. The molecule has 1 aromatic carbocycles. The maximum atomic E-state index is 5.83. The van der Waals surface area contributed by atoms with Crippen LogP contribution in [0.25, 0.3) is 11.0 Å². The zero-order chi connectivity index (χ0) is 15.4. The van der Waals surface area contributed by atoms with Crippen molar-refractivity contribution >= 4 is 11.0 Å². The Balaban J connectivity index is 1.61. The molecular formula is C21H30O. The van der Waals surface area contributed by atoms with Crippen molar-refractivity contribution in [3.8, 4) is 0 Å². The molecule has 0 spiro atoms. The summed E-state index contributed by atoms with van der Waals surface area (Å²) in [5.41, 5.74) is 2.58. The van der Waals surface area contributed by atoms with Crippen molar-refractivity contribution in [2.75, 3.05) is 0 Å². The summed E-state index contributed by atoms with van der Waals surface area (Å²) in [6.45, 7) is 4.45. The second kappa shape index (κ2) is 7.35. The number of hydrogen-bond donors (Lipinski definition) is 0. The van der Waals surface area contributed by atoms with Crippen LogP contribution in [0.4, 0.5) is 0 Å². The lowest BCUT2D eigenvalue weighted by Gasteiger charge is -2.28. The van der Waals surface area contributed by atoms with Gasteiger partial charge < -0.3 is 4.42 Å². The molecule has 0 N–H and O–H groups in total. The summed E-state index contributed by atoms with van der Waals surface area (Å²) in [5.74, 6) is 2.87. The average molecular weight is 298 g/mol. The van der Waals surface area contributed by atoms with E-state index in [1.165, 1.54) is 62.3 Å². The molecule has 1 heteroatoms. The van der Waals surface area contributed by atoms with Crippen LogP contribution in [-0.4, -0.2) is 0 Å². The average Bonchev–Trinajstić information content (AvgIpc) is 2.98. The summed E-state index contributed by atoms with van der Waals surface area (Å²) in [5, 5.41) is 1.29. The number of unbranched alkanes of at least 4 members (excludes halogenated alkanes) is 2. The lowest BCUT2D eigenvalue weighted by Crippen LogP contribution is -2.13. The van der Waals surface area contributed by atoms with Gasteiger partial charge in [-0.2, -0.15) is 0 Å². The number of fused-ring (bicyclic) bond motifs is 1. The highest BCUT2D eigenvalue weighted by atomic mass is 16.3. The largest absolute Gasteiger partial charge is 0.461 e. The van der Waals surface area contributed by atoms with E-state index in [4.69, 9.17) is 4.42 Å². The van der Waals surface area contributed by atoms with Crippen molar-refractivity contribution in [1.29, 1.82) is 0 Å². The van der Waals surface area contributed by atoms with Crippen molar-refractivity contribution in [3.05, 3.63) is 35.6 Å². The van der Waals surface area contributed by atoms with Crippen molar-refractivity contribution in [3.63, 3.8) is 0 Å². The fourth-order valence-electron chi connectivity index (χ4n) is 4.01. The Hall–Kier alpha value is -1.24. The van der Waals surface area contributed by atoms with E-state index in [-0.39, 0.29) is 0 Å². The molecule has 3 rings (SSSR count). The summed E-state index contributed by atoms with van der Waals surface area (Å²) >= 11 is 0. The Kier molecular flexibility index (Phi) is 5.23. The van der Waals surface area contributed by atoms with Gasteiger partial charge in [0.25, 0.3) is 0 Å². The number of furan rings is 1. The van der Waals surface area contributed by atoms with Gasteiger partial charge in [0.2, 0.25) is 0 Å². The molecule has 1 saturated carbocycles. The first-order valence-corrected chi connectivity index (χ1v) is 9.32. The molecule has 22 heavy (non-hydrogen) atoms. The van der Waals surface area contributed by atoms with Crippen molar-refractivity contribution in [1.82, 2.24) is 0 Å². The topological polar surface area (TPSA) is 13.1 Å². The second-order valence-electron chi connectivity index (χ2n) is 7.08. The van der Waals surface area contributed by atoms with Crippen molar-refractivity contribution < 1.29 is 4.42 Å². The van der Waals surface area contributed by atoms with Gasteiger partial charge in [0, 0.05) is 11.8 Å². The van der Waals surface area contributed by atoms with Crippen LogP contribution >= 0.6 is 0 Å². The summed E-state index contributed by atoms with van der Waals surface area (Å²) in [6, 6.07) is 9.07. The summed E-state index contributed by atoms with van der Waals surface area (Å²) in [4.78, 5) is 0. The van der Waals surface area contributed by atoms with E-state index in [1.807, 2.05) is 0 Å². The van der Waals surface area contributed by atoms with Crippen LogP contribution in [0.1, 0.15) is 82.5 Å². The normalized spacial score (nSPS) is 22.3. The first-order chi connectivity index (χ1) is 10.8. The third-order valence-corrected chi connectivity index (χ3v) is 5.47. The zero-order valence-electron chi connectivity index (χ0n) is 14.2. The molecule has 0 atom stereocenters. The molecule has 2 aromatic rings. The van der Waals surface area contributed by atoms with E-state index in [1.54, 1.807) is 0 Å².